The molecule has 0 amide bonds. The molecule has 0 saturated heterocycles. The number of allylic oxidation sites excluding steroid dienone is 1. The normalized spacial score (nSPS) is 10.5. The molecule has 0 spiro atoms. The highest BCUT2D eigenvalue weighted by atomic mass is 16.5. The number of fused-ring (bicyclic) bond motifs is 1. The van der Waals surface area contributed by atoms with E-state index in [2.05, 4.69) is 43.0 Å². The van der Waals surface area contributed by atoms with Gasteiger partial charge in [0.2, 0.25) is 0 Å². The van der Waals surface area contributed by atoms with Gasteiger partial charge in [-0.1, -0.05) is 36.4 Å². The Bertz CT molecular complexity index is 832. The Morgan fingerprint density at radius 2 is 1.57 bits per heavy atom. The number of benzene rings is 3. The average molecular weight is 304 g/mol. The van der Waals surface area contributed by atoms with Crippen molar-refractivity contribution in [2.24, 2.45) is 0 Å². The Balaban J connectivity index is 2.18. The molecule has 0 N–H and O–H groups in total. The highest BCUT2D eigenvalue weighted by Crippen LogP contribution is 2.33. The SMILES string of the molecule is C=CCc1c(-c2ccc(OC)cc2)ccc2cc(OC)ccc12. The van der Waals surface area contributed by atoms with Crippen molar-refractivity contribution in [2.75, 3.05) is 14.2 Å². The Kier molecular flexibility index (Phi) is 4.33. The molecule has 0 aromatic heterocycles. The molecule has 23 heavy (non-hydrogen) atoms. The Hall–Kier alpha value is -2.74. The summed E-state index contributed by atoms with van der Waals surface area (Å²) in [5.41, 5.74) is 3.69. The largest absolute Gasteiger partial charge is 0.497 e. The second kappa shape index (κ2) is 6.57. The van der Waals surface area contributed by atoms with E-state index in [0.717, 1.165) is 17.9 Å². The van der Waals surface area contributed by atoms with Gasteiger partial charge in [-0.15, -0.1) is 6.58 Å². The van der Waals surface area contributed by atoms with Gasteiger partial charge in [-0.3, -0.25) is 0 Å². The summed E-state index contributed by atoms with van der Waals surface area (Å²) in [4.78, 5) is 0. The lowest BCUT2D eigenvalue weighted by atomic mass is 9.92. The van der Waals surface area contributed by atoms with Gasteiger partial charge in [-0.2, -0.15) is 0 Å². The maximum atomic E-state index is 5.33. The first-order chi connectivity index (χ1) is 11.3. The summed E-state index contributed by atoms with van der Waals surface area (Å²) in [6.45, 7) is 3.91. The molecule has 3 rings (SSSR count). The minimum atomic E-state index is 0.824. The molecule has 0 atom stereocenters. The van der Waals surface area contributed by atoms with Gasteiger partial charge in [0, 0.05) is 0 Å². The van der Waals surface area contributed by atoms with Crippen molar-refractivity contribution >= 4 is 10.8 Å². The molecule has 3 aromatic carbocycles. The van der Waals surface area contributed by atoms with Crippen molar-refractivity contribution in [3.63, 3.8) is 0 Å². The number of rotatable bonds is 5. The molecule has 0 heterocycles. The van der Waals surface area contributed by atoms with E-state index in [1.165, 1.54) is 27.5 Å². The molecule has 116 valence electrons. The Morgan fingerprint density at radius 3 is 2.22 bits per heavy atom. The zero-order chi connectivity index (χ0) is 16.2. The van der Waals surface area contributed by atoms with Crippen molar-refractivity contribution in [2.45, 2.75) is 6.42 Å². The van der Waals surface area contributed by atoms with Crippen molar-refractivity contribution < 1.29 is 9.47 Å². The smallest absolute Gasteiger partial charge is 0.119 e. The van der Waals surface area contributed by atoms with Crippen LogP contribution in [0.25, 0.3) is 21.9 Å². The third-order valence-electron chi connectivity index (χ3n) is 4.09. The molecule has 2 heteroatoms. The van der Waals surface area contributed by atoms with Crippen LogP contribution in [0.5, 0.6) is 11.5 Å². The van der Waals surface area contributed by atoms with Crippen molar-refractivity contribution in [1.82, 2.24) is 0 Å². The first-order valence-corrected chi connectivity index (χ1v) is 7.61. The van der Waals surface area contributed by atoms with Crippen molar-refractivity contribution in [3.8, 4) is 22.6 Å². The second-order valence-electron chi connectivity index (χ2n) is 5.40. The maximum Gasteiger partial charge on any atom is 0.119 e. The minimum Gasteiger partial charge on any atom is -0.497 e. The summed E-state index contributed by atoms with van der Waals surface area (Å²) in [7, 11) is 3.37. The predicted molar refractivity (Wildman–Crippen MR) is 96.4 cm³/mol. The van der Waals surface area contributed by atoms with E-state index in [4.69, 9.17) is 9.47 Å². The number of hydrogen-bond acceptors (Lipinski definition) is 2. The summed E-state index contributed by atoms with van der Waals surface area (Å²) in [5, 5.41) is 2.41. The molecule has 0 aliphatic carbocycles. The standard InChI is InChI=1S/C21H20O2/c1-4-5-21-19(15-6-9-17(22-2)10-7-15)12-8-16-14-18(23-3)11-13-20(16)21/h4,6-14H,1,5H2,2-3H3. The molecular weight excluding hydrogens is 284 g/mol. The third kappa shape index (κ3) is 2.93. The highest BCUT2D eigenvalue weighted by Gasteiger charge is 2.09. The van der Waals surface area contributed by atoms with Gasteiger partial charge in [0.25, 0.3) is 0 Å². The van der Waals surface area contributed by atoms with E-state index in [1.54, 1.807) is 14.2 Å². The number of methoxy groups -OCH3 is 2. The first kappa shape index (κ1) is 15.2. The molecule has 0 radical (unpaired) electrons. The number of hydrogen-bond donors (Lipinski definition) is 0. The summed E-state index contributed by atoms with van der Waals surface area (Å²) in [6.07, 6.45) is 2.77. The molecule has 0 unspecified atom stereocenters. The van der Waals surface area contributed by atoms with Crippen LogP contribution in [0.2, 0.25) is 0 Å². The zero-order valence-electron chi connectivity index (χ0n) is 13.5. The fraction of sp³-hybridized carbons (Fsp3) is 0.143. The minimum absolute atomic E-state index is 0.824. The number of ether oxygens (including phenoxy) is 2. The van der Waals surface area contributed by atoms with Gasteiger partial charge in [-0.25, -0.2) is 0 Å². The third-order valence-corrected chi connectivity index (χ3v) is 4.09. The van der Waals surface area contributed by atoms with Crippen LogP contribution in [-0.2, 0) is 6.42 Å². The van der Waals surface area contributed by atoms with Gasteiger partial charge in [-0.05, 0) is 58.1 Å². The van der Waals surface area contributed by atoms with Crippen molar-refractivity contribution in [1.29, 1.82) is 0 Å². The molecule has 0 fully saturated rings. The predicted octanol–water partition coefficient (Wildman–Crippen LogP) is 5.25. The van der Waals surface area contributed by atoms with Crippen molar-refractivity contribution in [3.05, 3.63) is 72.8 Å². The van der Waals surface area contributed by atoms with Crippen LogP contribution < -0.4 is 9.47 Å². The first-order valence-electron chi connectivity index (χ1n) is 7.61. The lowest BCUT2D eigenvalue weighted by Gasteiger charge is -2.13. The van der Waals surface area contributed by atoms with Crippen LogP contribution in [-0.4, -0.2) is 14.2 Å². The van der Waals surface area contributed by atoms with E-state index < -0.39 is 0 Å². The van der Waals surface area contributed by atoms with Gasteiger partial charge in [0.05, 0.1) is 14.2 Å². The lowest BCUT2D eigenvalue weighted by molar-refractivity contribution is 0.415. The maximum absolute atomic E-state index is 5.33. The Morgan fingerprint density at radius 1 is 0.870 bits per heavy atom. The lowest BCUT2D eigenvalue weighted by Crippen LogP contribution is -1.92. The molecule has 0 saturated carbocycles. The Labute approximate surface area is 137 Å². The molecule has 0 bridgehead atoms. The molecule has 2 nitrogen and oxygen atoms in total. The van der Waals surface area contributed by atoms with E-state index in [0.29, 0.717) is 0 Å². The molecule has 3 aromatic rings. The molecule has 0 aliphatic rings. The summed E-state index contributed by atoms with van der Waals surface area (Å²) in [5.74, 6) is 1.74. The van der Waals surface area contributed by atoms with Gasteiger partial charge < -0.3 is 9.47 Å². The van der Waals surface area contributed by atoms with Crippen LogP contribution in [0.3, 0.4) is 0 Å². The van der Waals surface area contributed by atoms with Crippen LogP contribution in [0.15, 0.2) is 67.3 Å². The fourth-order valence-electron chi connectivity index (χ4n) is 2.90. The quantitative estimate of drug-likeness (QED) is 0.599. The molecular formula is C21H20O2. The van der Waals surface area contributed by atoms with Crippen LogP contribution >= 0.6 is 0 Å². The van der Waals surface area contributed by atoms with Gasteiger partial charge in [0.15, 0.2) is 0 Å². The van der Waals surface area contributed by atoms with E-state index in [-0.39, 0.29) is 0 Å². The summed E-state index contributed by atoms with van der Waals surface area (Å²) < 4.78 is 10.6. The van der Waals surface area contributed by atoms with Crippen LogP contribution in [0, 0.1) is 0 Å². The highest BCUT2D eigenvalue weighted by molar-refractivity contribution is 5.93. The van der Waals surface area contributed by atoms with E-state index in [9.17, 15) is 0 Å². The second-order valence-corrected chi connectivity index (χ2v) is 5.40. The van der Waals surface area contributed by atoms with E-state index >= 15 is 0 Å². The fourth-order valence-corrected chi connectivity index (χ4v) is 2.90. The summed E-state index contributed by atoms with van der Waals surface area (Å²) in [6, 6.07) is 18.7. The summed E-state index contributed by atoms with van der Waals surface area (Å²) >= 11 is 0. The van der Waals surface area contributed by atoms with Crippen LogP contribution in [0.1, 0.15) is 5.56 Å². The van der Waals surface area contributed by atoms with Gasteiger partial charge in [0.1, 0.15) is 11.5 Å². The zero-order valence-corrected chi connectivity index (χ0v) is 13.5. The average Bonchev–Trinajstić information content (AvgIpc) is 2.62. The topological polar surface area (TPSA) is 18.5 Å². The molecule has 0 aliphatic heterocycles. The van der Waals surface area contributed by atoms with Gasteiger partial charge >= 0.3 is 0 Å². The monoisotopic (exact) mass is 304 g/mol. The van der Waals surface area contributed by atoms with Crippen LogP contribution in [0.4, 0.5) is 0 Å². The van der Waals surface area contributed by atoms with E-state index in [1.807, 2.05) is 24.3 Å².